The molecule has 1 aliphatic heterocycles. The molecule has 0 atom stereocenters. The van der Waals surface area contributed by atoms with Gasteiger partial charge in [0.25, 0.3) is 0 Å². The number of hydrogen-bond acceptors (Lipinski definition) is 5. The first-order chi connectivity index (χ1) is 9.11. The van der Waals surface area contributed by atoms with Crippen LogP contribution in [0.5, 0.6) is 11.5 Å². The van der Waals surface area contributed by atoms with Crippen LogP contribution >= 0.6 is 0 Å². The van der Waals surface area contributed by atoms with Crippen molar-refractivity contribution in [2.24, 2.45) is 3.50 Å². The van der Waals surface area contributed by atoms with Crippen LogP contribution in [0.2, 0.25) is 0 Å². The molecule has 0 saturated heterocycles. The Morgan fingerprint density at radius 1 is 1.42 bits per heavy atom. The first-order valence-electron chi connectivity index (χ1n) is 5.90. The van der Waals surface area contributed by atoms with Gasteiger partial charge in [0.1, 0.15) is 0 Å². The van der Waals surface area contributed by atoms with Gasteiger partial charge in [-0.05, 0) is 0 Å². The summed E-state index contributed by atoms with van der Waals surface area (Å²) in [6.45, 7) is 8.04. The molecule has 1 aromatic rings. The summed E-state index contributed by atoms with van der Waals surface area (Å²) in [6, 6.07) is 3.74. The fraction of sp³-hybridized carbons (Fsp3) is 0.385. The summed E-state index contributed by atoms with van der Waals surface area (Å²) < 4.78 is 15.0. The first-order valence-corrected chi connectivity index (χ1v) is 7.21. The normalized spacial score (nSPS) is 12.6. The number of rotatable bonds is 6. The van der Waals surface area contributed by atoms with Gasteiger partial charge in [-0.15, -0.1) is 0 Å². The van der Waals surface area contributed by atoms with E-state index >= 15 is 0 Å². The molecule has 1 heterocycles. The van der Waals surface area contributed by atoms with Crippen LogP contribution < -0.4 is 14.8 Å². The van der Waals surface area contributed by atoms with Crippen molar-refractivity contribution >= 4 is 11.4 Å². The average molecular weight is 430 g/mol. The van der Waals surface area contributed by atoms with Gasteiger partial charge < -0.3 is 0 Å². The Kier molecular flexibility index (Phi) is 4.72. The molecule has 0 radical (unpaired) electrons. The molecule has 0 amide bonds. The zero-order valence-corrected chi connectivity index (χ0v) is 13.9. The number of likely N-dealkylation sites (N-methyl/N-ethyl adjacent to an activating group) is 1. The maximum atomic E-state index is 6.09. The molecule has 0 spiro atoms. The summed E-state index contributed by atoms with van der Waals surface area (Å²) >= 11 is 1.12. The third-order valence-corrected chi connectivity index (χ3v) is 3.46. The second kappa shape index (κ2) is 6.31. The summed E-state index contributed by atoms with van der Waals surface area (Å²) in [7, 11) is 4.04. The number of nitrogens with one attached hydrogen (secondary N) is 1. The van der Waals surface area contributed by atoms with E-state index in [0.29, 0.717) is 5.70 Å². The molecule has 6 heteroatoms. The molecule has 102 valence electrons. The van der Waals surface area contributed by atoms with Gasteiger partial charge in [-0.25, -0.2) is 0 Å². The number of nitrogens with zero attached hydrogens (tertiary/aromatic N) is 2. The van der Waals surface area contributed by atoms with Crippen LogP contribution in [0.1, 0.15) is 5.56 Å². The molecule has 19 heavy (non-hydrogen) atoms. The van der Waals surface area contributed by atoms with Crippen LogP contribution in [0, 0.1) is 6.58 Å². The van der Waals surface area contributed by atoms with Crippen LogP contribution in [0.15, 0.2) is 15.6 Å². The Morgan fingerprint density at radius 2 is 2.11 bits per heavy atom. The third-order valence-electron chi connectivity index (χ3n) is 2.75. The number of hydrogen-bond donors (Lipinski definition) is 1. The minimum atomic E-state index is 0.253. The predicted molar refractivity (Wildman–Crippen MR) is 68.9 cm³/mol. The van der Waals surface area contributed by atoms with E-state index in [-0.39, 0.29) is 6.79 Å². The van der Waals surface area contributed by atoms with Gasteiger partial charge in [-0.3, -0.25) is 0 Å². The molecule has 0 unspecified atom stereocenters. The molecule has 1 aliphatic rings. The molecular formula is C13H16N3O2W-. The van der Waals surface area contributed by atoms with Crippen molar-refractivity contribution in [1.82, 2.24) is 10.2 Å². The summed E-state index contributed by atoms with van der Waals surface area (Å²) in [6.07, 6.45) is 0. The Bertz CT molecular complexity index is 503. The second-order valence-corrected chi connectivity index (χ2v) is 5.11. The maximum absolute atomic E-state index is 6.09. The third kappa shape index (κ3) is 3.42. The zero-order chi connectivity index (χ0) is 13.8. The van der Waals surface area contributed by atoms with Crippen LogP contribution in [0.3, 0.4) is 0 Å². The van der Waals surface area contributed by atoms with Gasteiger partial charge >= 0.3 is 124 Å². The fourth-order valence-corrected chi connectivity index (χ4v) is 2.27. The Morgan fingerprint density at radius 3 is 2.74 bits per heavy atom. The van der Waals surface area contributed by atoms with Gasteiger partial charge in [0.05, 0.1) is 0 Å². The van der Waals surface area contributed by atoms with Crippen LogP contribution in [0.25, 0.3) is 5.70 Å². The van der Waals surface area contributed by atoms with E-state index in [2.05, 4.69) is 13.7 Å². The summed E-state index contributed by atoms with van der Waals surface area (Å²) in [5.41, 5.74) is 2.30. The van der Waals surface area contributed by atoms with Crippen molar-refractivity contribution in [2.75, 3.05) is 34.0 Å². The van der Waals surface area contributed by atoms with E-state index in [1.165, 1.54) is 0 Å². The van der Waals surface area contributed by atoms with Crippen LogP contribution in [-0.4, -0.2) is 38.9 Å². The van der Waals surface area contributed by atoms with Crippen molar-refractivity contribution in [2.45, 2.75) is 0 Å². The quantitative estimate of drug-likeness (QED) is 0.699. The van der Waals surface area contributed by atoms with Gasteiger partial charge in [-0.1, -0.05) is 0 Å². The Balaban J connectivity index is 2.14. The molecule has 1 aromatic carbocycles. The van der Waals surface area contributed by atoms with Crippen molar-refractivity contribution in [3.8, 4) is 11.5 Å². The molecule has 0 saturated carbocycles. The predicted octanol–water partition coefficient (Wildman–Crippen LogP) is 1.70. The standard InChI is InChI=1S/C13H16N3O2.W/c1-9(15-4-5-16(2)3)10-6-12-13(7-11(10)14)18-8-17-12;/h1,6-7,15H,4-5,8H2,2-3H3;/q-1;. The number of benzene rings is 1. The van der Waals surface area contributed by atoms with Gasteiger partial charge in [0.2, 0.25) is 0 Å². The van der Waals surface area contributed by atoms with Crippen molar-refractivity contribution in [1.29, 1.82) is 0 Å². The molecule has 5 nitrogen and oxygen atoms in total. The van der Waals surface area contributed by atoms with E-state index in [1.807, 2.05) is 26.2 Å². The minimum absolute atomic E-state index is 0.253. The Labute approximate surface area is 124 Å². The fourth-order valence-electron chi connectivity index (χ4n) is 1.73. The van der Waals surface area contributed by atoms with E-state index in [9.17, 15) is 0 Å². The summed E-state index contributed by atoms with van der Waals surface area (Å²) in [4.78, 5) is 2.09. The molecule has 1 N–H and O–H groups in total. The Hall–Kier alpha value is -1.19. The monoisotopic (exact) mass is 430 g/mol. The van der Waals surface area contributed by atoms with E-state index < -0.39 is 0 Å². The topological polar surface area (TPSA) is 46.1 Å². The van der Waals surface area contributed by atoms with Crippen molar-refractivity contribution in [3.63, 3.8) is 0 Å². The summed E-state index contributed by atoms with van der Waals surface area (Å²) in [5, 5.41) is 3.20. The number of ether oxygens (including phenoxy) is 2. The zero-order valence-electron chi connectivity index (χ0n) is 11.0. The van der Waals surface area contributed by atoms with Crippen LogP contribution in [0.4, 0.5) is 5.69 Å². The van der Waals surface area contributed by atoms with E-state index in [4.69, 9.17) is 16.1 Å². The van der Waals surface area contributed by atoms with Crippen molar-refractivity contribution in [3.05, 3.63) is 24.3 Å². The van der Waals surface area contributed by atoms with E-state index in [0.717, 1.165) is 55.5 Å². The molecule has 0 bridgehead atoms. The second-order valence-electron chi connectivity index (χ2n) is 4.46. The van der Waals surface area contributed by atoms with Gasteiger partial charge in [-0.2, -0.15) is 0 Å². The molecule has 0 fully saturated rings. The molecule has 2 rings (SSSR count). The SMILES string of the molecule is [CH-]=C(NCCN(C)C)c1cc2c(cc1[N]=[W])OCO2. The number of fused-ring (bicyclic) bond motifs is 1. The van der Waals surface area contributed by atoms with Gasteiger partial charge in [0, 0.05) is 0 Å². The molecular weight excluding hydrogens is 414 g/mol. The summed E-state index contributed by atoms with van der Waals surface area (Å²) in [5.74, 6) is 1.44. The van der Waals surface area contributed by atoms with Crippen molar-refractivity contribution < 1.29 is 29.1 Å². The van der Waals surface area contributed by atoms with E-state index in [1.54, 1.807) is 0 Å². The molecule has 0 aliphatic carbocycles. The van der Waals surface area contributed by atoms with Gasteiger partial charge in [0.15, 0.2) is 0 Å². The first kappa shape index (κ1) is 14.2. The molecule has 0 aromatic heterocycles. The average Bonchev–Trinajstić information content (AvgIpc) is 2.83. The van der Waals surface area contributed by atoms with Crippen LogP contribution in [-0.2, 0) is 19.6 Å².